The zero-order valence-electron chi connectivity index (χ0n) is 13.4. The molecule has 1 saturated heterocycles. The molecule has 0 aliphatic carbocycles. The monoisotopic (exact) mass is 324 g/mol. The summed E-state index contributed by atoms with van der Waals surface area (Å²) in [6.07, 6.45) is 2.66. The molecule has 1 heterocycles. The van der Waals surface area contributed by atoms with Crippen LogP contribution in [0.2, 0.25) is 0 Å². The average Bonchev–Trinajstić information content (AvgIpc) is 2.46. The van der Waals surface area contributed by atoms with E-state index in [-0.39, 0.29) is 24.4 Å². The predicted octanol–water partition coefficient (Wildman–Crippen LogP) is 1.84. The molecule has 0 saturated carbocycles. The topological polar surface area (TPSA) is 66.5 Å². The number of carbonyl (C=O) groups excluding carboxylic acids is 1. The average molecular weight is 324 g/mol. The van der Waals surface area contributed by atoms with E-state index in [9.17, 15) is 13.2 Å². The minimum Gasteiger partial charge on any atom is -0.349 e. The zero-order chi connectivity index (χ0) is 16.3. The van der Waals surface area contributed by atoms with Crippen LogP contribution in [0, 0.1) is 12.8 Å². The maximum absolute atomic E-state index is 12.4. The van der Waals surface area contributed by atoms with E-state index in [1.54, 1.807) is 0 Å². The first-order chi connectivity index (χ1) is 10.3. The van der Waals surface area contributed by atoms with Gasteiger partial charge < -0.3 is 5.32 Å². The van der Waals surface area contributed by atoms with Crippen LogP contribution in [0.4, 0.5) is 0 Å². The van der Waals surface area contributed by atoms with E-state index in [4.69, 9.17) is 0 Å². The Morgan fingerprint density at radius 1 is 1.36 bits per heavy atom. The summed E-state index contributed by atoms with van der Waals surface area (Å²) in [6.45, 7) is 4.77. The minimum absolute atomic E-state index is 0.0656. The number of piperidine rings is 1. The van der Waals surface area contributed by atoms with E-state index in [0.29, 0.717) is 6.54 Å². The second kappa shape index (κ2) is 6.79. The first-order valence-corrected chi connectivity index (χ1v) is 9.45. The lowest BCUT2D eigenvalue weighted by molar-refractivity contribution is -0.126. The van der Waals surface area contributed by atoms with Crippen LogP contribution in [-0.2, 0) is 14.8 Å². The number of carbonyl (C=O) groups is 1. The third-order valence-electron chi connectivity index (χ3n) is 4.24. The van der Waals surface area contributed by atoms with E-state index in [2.05, 4.69) is 5.32 Å². The van der Waals surface area contributed by atoms with Crippen molar-refractivity contribution in [2.75, 3.05) is 19.3 Å². The Morgan fingerprint density at radius 2 is 2.05 bits per heavy atom. The summed E-state index contributed by atoms with van der Waals surface area (Å²) in [5.41, 5.74) is 2.23. The van der Waals surface area contributed by atoms with Crippen molar-refractivity contribution >= 4 is 15.9 Å². The molecule has 0 aromatic heterocycles. The molecule has 22 heavy (non-hydrogen) atoms. The molecule has 2 rings (SSSR count). The number of hydrogen-bond donors (Lipinski definition) is 1. The Kier molecular flexibility index (Phi) is 5.24. The number of nitrogens with zero attached hydrogens (tertiary/aromatic N) is 1. The van der Waals surface area contributed by atoms with Crippen molar-refractivity contribution in [2.24, 2.45) is 5.92 Å². The summed E-state index contributed by atoms with van der Waals surface area (Å²) in [7, 11) is -3.23. The summed E-state index contributed by atoms with van der Waals surface area (Å²) in [6, 6.07) is 7.87. The quantitative estimate of drug-likeness (QED) is 0.919. The molecule has 0 unspecified atom stereocenters. The molecule has 0 bridgehead atoms. The fraction of sp³-hybridized carbons (Fsp3) is 0.562. The smallest absolute Gasteiger partial charge is 0.224 e. The van der Waals surface area contributed by atoms with Crippen molar-refractivity contribution in [3.05, 3.63) is 35.4 Å². The molecule has 2 atom stereocenters. The summed E-state index contributed by atoms with van der Waals surface area (Å²) in [5, 5.41) is 3.02. The van der Waals surface area contributed by atoms with Crippen LogP contribution in [-0.4, -0.2) is 38.0 Å². The lowest BCUT2D eigenvalue weighted by atomic mass is 9.97. The Bertz CT molecular complexity index is 643. The number of hydrogen-bond acceptors (Lipinski definition) is 3. The Labute approximate surface area is 132 Å². The van der Waals surface area contributed by atoms with E-state index in [1.807, 2.05) is 38.1 Å². The molecule has 1 amide bonds. The standard InChI is InChI=1S/C16H24N2O3S/c1-12-7-4-5-9-15(12)13(2)17-16(19)14-8-6-10-18(11-14)22(3,20)21/h4-5,7,9,13-14H,6,8,10-11H2,1-3H3,(H,17,19)/t13-,14-/m1/s1. The molecule has 1 aromatic carbocycles. The molecule has 1 fully saturated rings. The van der Waals surface area contributed by atoms with Crippen LogP contribution in [0.3, 0.4) is 0 Å². The van der Waals surface area contributed by atoms with E-state index in [0.717, 1.165) is 24.0 Å². The highest BCUT2D eigenvalue weighted by Crippen LogP contribution is 2.21. The first-order valence-electron chi connectivity index (χ1n) is 7.60. The van der Waals surface area contributed by atoms with Crippen LogP contribution in [0.15, 0.2) is 24.3 Å². The Hall–Kier alpha value is -1.40. The second-order valence-corrected chi connectivity index (χ2v) is 8.03. The Morgan fingerprint density at radius 3 is 2.68 bits per heavy atom. The van der Waals surface area contributed by atoms with Gasteiger partial charge in [-0.1, -0.05) is 24.3 Å². The van der Waals surface area contributed by atoms with Gasteiger partial charge in [-0.15, -0.1) is 0 Å². The summed E-state index contributed by atoms with van der Waals surface area (Å²) in [5.74, 6) is -0.334. The molecule has 5 nitrogen and oxygen atoms in total. The van der Waals surface area contributed by atoms with Gasteiger partial charge in [0.15, 0.2) is 0 Å². The summed E-state index contributed by atoms with van der Waals surface area (Å²) in [4.78, 5) is 12.4. The highest BCUT2D eigenvalue weighted by Gasteiger charge is 2.30. The molecule has 122 valence electrons. The minimum atomic E-state index is -3.23. The second-order valence-electron chi connectivity index (χ2n) is 6.05. The van der Waals surface area contributed by atoms with Crippen molar-refractivity contribution in [3.8, 4) is 0 Å². The number of nitrogens with one attached hydrogen (secondary N) is 1. The van der Waals surface area contributed by atoms with Gasteiger partial charge in [-0.3, -0.25) is 4.79 Å². The highest BCUT2D eigenvalue weighted by molar-refractivity contribution is 7.88. The van der Waals surface area contributed by atoms with Crippen LogP contribution in [0.1, 0.15) is 36.9 Å². The fourth-order valence-electron chi connectivity index (χ4n) is 2.94. The van der Waals surface area contributed by atoms with Crippen molar-refractivity contribution in [3.63, 3.8) is 0 Å². The number of benzene rings is 1. The zero-order valence-corrected chi connectivity index (χ0v) is 14.2. The SMILES string of the molecule is Cc1ccccc1[C@@H](C)NC(=O)[C@@H]1CCCN(S(C)(=O)=O)C1. The fourth-order valence-corrected chi connectivity index (χ4v) is 3.85. The van der Waals surface area contributed by atoms with E-state index >= 15 is 0 Å². The molecule has 1 N–H and O–H groups in total. The van der Waals surface area contributed by atoms with Gasteiger partial charge in [-0.05, 0) is 37.8 Å². The van der Waals surface area contributed by atoms with Crippen molar-refractivity contribution < 1.29 is 13.2 Å². The van der Waals surface area contributed by atoms with Crippen molar-refractivity contribution in [1.82, 2.24) is 9.62 Å². The molecule has 0 spiro atoms. The summed E-state index contributed by atoms with van der Waals surface area (Å²) >= 11 is 0. The van der Waals surface area contributed by atoms with Crippen molar-refractivity contribution in [1.29, 1.82) is 0 Å². The van der Waals surface area contributed by atoms with Gasteiger partial charge in [-0.2, -0.15) is 0 Å². The van der Waals surface area contributed by atoms with Gasteiger partial charge in [0.25, 0.3) is 0 Å². The van der Waals surface area contributed by atoms with Gasteiger partial charge in [0.1, 0.15) is 0 Å². The third kappa shape index (κ3) is 4.08. The number of aryl methyl sites for hydroxylation is 1. The van der Waals surface area contributed by atoms with Gasteiger partial charge in [-0.25, -0.2) is 12.7 Å². The number of rotatable bonds is 4. The highest BCUT2D eigenvalue weighted by atomic mass is 32.2. The van der Waals surface area contributed by atoms with Gasteiger partial charge in [0.2, 0.25) is 15.9 Å². The molecule has 0 radical (unpaired) electrons. The lowest BCUT2D eigenvalue weighted by Gasteiger charge is -2.31. The number of amides is 1. The van der Waals surface area contributed by atoms with Crippen molar-refractivity contribution in [2.45, 2.75) is 32.7 Å². The van der Waals surface area contributed by atoms with Gasteiger partial charge in [0, 0.05) is 13.1 Å². The van der Waals surface area contributed by atoms with E-state index < -0.39 is 10.0 Å². The Balaban J connectivity index is 2.01. The largest absolute Gasteiger partial charge is 0.349 e. The molecular weight excluding hydrogens is 300 g/mol. The predicted molar refractivity (Wildman–Crippen MR) is 86.9 cm³/mol. The van der Waals surface area contributed by atoms with Gasteiger partial charge >= 0.3 is 0 Å². The summed E-state index contributed by atoms with van der Waals surface area (Å²) < 4.78 is 24.7. The molecule has 6 heteroatoms. The molecule has 1 aromatic rings. The lowest BCUT2D eigenvalue weighted by Crippen LogP contribution is -2.45. The van der Waals surface area contributed by atoms with Crippen LogP contribution in [0.5, 0.6) is 0 Å². The third-order valence-corrected chi connectivity index (χ3v) is 5.51. The maximum atomic E-state index is 12.4. The normalized spacial score (nSPS) is 21.3. The van der Waals surface area contributed by atoms with Crippen LogP contribution in [0.25, 0.3) is 0 Å². The first kappa shape index (κ1) is 17.0. The molecule has 1 aliphatic rings. The van der Waals surface area contributed by atoms with E-state index in [1.165, 1.54) is 10.6 Å². The number of sulfonamides is 1. The van der Waals surface area contributed by atoms with Crippen LogP contribution >= 0.6 is 0 Å². The van der Waals surface area contributed by atoms with Crippen LogP contribution < -0.4 is 5.32 Å². The molecule has 1 aliphatic heterocycles. The maximum Gasteiger partial charge on any atom is 0.224 e. The molecular formula is C16H24N2O3S. The van der Waals surface area contributed by atoms with Gasteiger partial charge in [0.05, 0.1) is 18.2 Å².